The number of ether oxygens (including phenoxy) is 3. The zero-order chi connectivity index (χ0) is 25.6. The minimum Gasteiger partial charge on any atom is -0.493 e. The Hall–Kier alpha value is -3.28. The van der Waals surface area contributed by atoms with E-state index in [0.717, 1.165) is 6.26 Å². The molecule has 5 rings (SSSR count). The molecule has 3 aromatic heterocycles. The second-order valence-electron chi connectivity index (χ2n) is 8.13. The van der Waals surface area contributed by atoms with Crippen LogP contribution in [0.1, 0.15) is 18.6 Å². The second kappa shape index (κ2) is 9.30. The molecule has 36 heavy (non-hydrogen) atoms. The molecule has 188 valence electrons. The number of H-pyrrole nitrogens is 1. The van der Waals surface area contributed by atoms with Gasteiger partial charge in [0.05, 0.1) is 35.5 Å². The molecule has 0 saturated heterocycles. The van der Waals surface area contributed by atoms with Crippen LogP contribution >= 0.6 is 23.2 Å². The number of hydrogen-bond donors (Lipinski definition) is 1. The van der Waals surface area contributed by atoms with Crippen LogP contribution < -0.4 is 18.5 Å². The summed E-state index contributed by atoms with van der Waals surface area (Å²) in [5.74, 6) is 1.17. The number of halogens is 2. The second-order valence-corrected chi connectivity index (χ2v) is 10.9. The first-order chi connectivity index (χ1) is 17.2. The molecule has 0 unspecified atom stereocenters. The molecular formula is C23H21Cl2N5O5S. The number of sulfonamides is 1. The molecule has 1 aliphatic heterocycles. The molecule has 1 atom stereocenters. The van der Waals surface area contributed by atoms with Crippen LogP contribution in [0.4, 0.5) is 5.69 Å². The maximum atomic E-state index is 12.3. The Balaban J connectivity index is 1.58. The molecule has 1 aliphatic rings. The van der Waals surface area contributed by atoms with Crippen molar-refractivity contribution in [3.05, 3.63) is 52.4 Å². The molecule has 0 fully saturated rings. The molecule has 0 aliphatic carbocycles. The number of pyridine rings is 2. The van der Waals surface area contributed by atoms with Crippen LogP contribution in [0.3, 0.4) is 0 Å². The first-order valence-electron chi connectivity index (χ1n) is 10.8. The number of benzene rings is 1. The number of hydrogen-bond acceptors (Lipinski definition) is 8. The minimum atomic E-state index is -3.51. The lowest BCUT2D eigenvalue weighted by atomic mass is 10.1. The van der Waals surface area contributed by atoms with Gasteiger partial charge in [-0.2, -0.15) is 5.10 Å². The van der Waals surface area contributed by atoms with E-state index < -0.39 is 16.1 Å². The lowest BCUT2D eigenvalue weighted by Crippen LogP contribution is -2.37. The highest BCUT2D eigenvalue weighted by atomic mass is 35.5. The summed E-state index contributed by atoms with van der Waals surface area (Å²) in [6.45, 7) is 2.24. The summed E-state index contributed by atoms with van der Waals surface area (Å²) in [4.78, 5) is 8.32. The van der Waals surface area contributed by atoms with E-state index in [1.165, 1.54) is 23.8 Å². The van der Waals surface area contributed by atoms with Gasteiger partial charge in [-0.05, 0) is 19.1 Å². The van der Waals surface area contributed by atoms with Crippen LogP contribution in [0, 0.1) is 0 Å². The number of aromatic amines is 1. The van der Waals surface area contributed by atoms with Crippen LogP contribution in [-0.4, -0.2) is 55.1 Å². The SMILES string of the molecule is COc1cc2[nH]nc(-c3cnc4c(c3)N(S(C)(=O)=O)CCO4)c2cc1O[C@H](C)c1c(Cl)cncc1Cl. The first-order valence-corrected chi connectivity index (χ1v) is 13.4. The van der Waals surface area contributed by atoms with Gasteiger partial charge in [-0.15, -0.1) is 0 Å². The Morgan fingerprint density at radius 1 is 1.14 bits per heavy atom. The average Bonchev–Trinajstić information content (AvgIpc) is 3.24. The third-order valence-electron chi connectivity index (χ3n) is 5.76. The van der Waals surface area contributed by atoms with Crippen LogP contribution in [0.2, 0.25) is 10.0 Å². The van der Waals surface area contributed by atoms with Gasteiger partial charge in [0, 0.05) is 41.2 Å². The van der Waals surface area contributed by atoms with Gasteiger partial charge in [0.2, 0.25) is 15.9 Å². The van der Waals surface area contributed by atoms with Crippen LogP contribution in [0.25, 0.3) is 22.2 Å². The van der Waals surface area contributed by atoms with Gasteiger partial charge in [0.1, 0.15) is 24.1 Å². The zero-order valence-electron chi connectivity index (χ0n) is 19.4. The van der Waals surface area contributed by atoms with E-state index in [1.807, 2.05) is 6.92 Å². The molecule has 13 heteroatoms. The normalized spacial score (nSPS) is 14.3. The number of nitrogens with zero attached hydrogens (tertiary/aromatic N) is 4. The lowest BCUT2D eigenvalue weighted by molar-refractivity contribution is 0.216. The topological polar surface area (TPSA) is 120 Å². The Kier molecular flexibility index (Phi) is 6.31. The van der Waals surface area contributed by atoms with Crippen LogP contribution in [0.5, 0.6) is 17.4 Å². The Morgan fingerprint density at radius 2 is 1.89 bits per heavy atom. The summed E-state index contributed by atoms with van der Waals surface area (Å²) in [6, 6.07) is 5.25. The molecule has 0 spiro atoms. The fraction of sp³-hybridized carbons (Fsp3) is 0.261. The van der Waals surface area contributed by atoms with E-state index in [-0.39, 0.29) is 19.0 Å². The number of rotatable bonds is 6. The predicted octanol–water partition coefficient (Wildman–Crippen LogP) is 4.63. The molecule has 1 aromatic carbocycles. The van der Waals surface area contributed by atoms with Gasteiger partial charge in [0.15, 0.2) is 11.5 Å². The van der Waals surface area contributed by atoms with Crippen LogP contribution in [-0.2, 0) is 10.0 Å². The highest BCUT2D eigenvalue weighted by Crippen LogP contribution is 2.41. The number of nitrogens with one attached hydrogen (secondary N) is 1. The van der Waals surface area contributed by atoms with Gasteiger partial charge < -0.3 is 14.2 Å². The molecular weight excluding hydrogens is 529 g/mol. The molecule has 0 amide bonds. The van der Waals surface area contributed by atoms with Gasteiger partial charge in [-0.3, -0.25) is 14.4 Å². The van der Waals surface area contributed by atoms with E-state index in [9.17, 15) is 8.42 Å². The van der Waals surface area contributed by atoms with Gasteiger partial charge in [0.25, 0.3) is 0 Å². The molecule has 4 aromatic rings. The van der Waals surface area contributed by atoms with E-state index in [2.05, 4.69) is 20.2 Å². The highest BCUT2D eigenvalue weighted by molar-refractivity contribution is 7.92. The minimum absolute atomic E-state index is 0.200. The third-order valence-corrected chi connectivity index (χ3v) is 7.54. The smallest absolute Gasteiger partial charge is 0.238 e. The molecule has 0 saturated carbocycles. The van der Waals surface area contributed by atoms with E-state index in [0.29, 0.717) is 55.0 Å². The van der Waals surface area contributed by atoms with E-state index in [4.69, 9.17) is 37.4 Å². The highest BCUT2D eigenvalue weighted by Gasteiger charge is 2.27. The fourth-order valence-corrected chi connectivity index (χ4v) is 5.67. The summed E-state index contributed by atoms with van der Waals surface area (Å²) in [7, 11) is -1.97. The van der Waals surface area contributed by atoms with Crippen molar-refractivity contribution in [2.24, 2.45) is 0 Å². The Bertz CT molecular complexity index is 1560. The number of methoxy groups -OCH3 is 1. The molecule has 10 nitrogen and oxygen atoms in total. The van der Waals surface area contributed by atoms with Crippen molar-refractivity contribution in [2.75, 3.05) is 30.8 Å². The lowest BCUT2D eigenvalue weighted by Gasteiger charge is -2.28. The summed E-state index contributed by atoms with van der Waals surface area (Å²) in [6.07, 6.45) is 5.23. The van der Waals surface area contributed by atoms with Crippen molar-refractivity contribution in [3.8, 4) is 28.6 Å². The number of anilines is 1. The van der Waals surface area contributed by atoms with Crippen molar-refractivity contribution in [3.63, 3.8) is 0 Å². The summed E-state index contributed by atoms with van der Waals surface area (Å²) in [5.41, 5.74) is 2.80. The molecule has 0 bridgehead atoms. The van der Waals surface area contributed by atoms with Crippen molar-refractivity contribution < 1.29 is 22.6 Å². The number of fused-ring (bicyclic) bond motifs is 2. The third kappa shape index (κ3) is 4.38. The largest absolute Gasteiger partial charge is 0.493 e. The first kappa shape index (κ1) is 24.4. The predicted molar refractivity (Wildman–Crippen MR) is 137 cm³/mol. The fourth-order valence-electron chi connectivity index (χ4n) is 4.11. The van der Waals surface area contributed by atoms with E-state index >= 15 is 0 Å². The summed E-state index contributed by atoms with van der Waals surface area (Å²) >= 11 is 12.6. The quantitative estimate of drug-likeness (QED) is 0.369. The van der Waals surface area contributed by atoms with Gasteiger partial charge in [-0.1, -0.05) is 23.2 Å². The number of aromatic nitrogens is 4. The Labute approximate surface area is 217 Å². The molecule has 4 heterocycles. The van der Waals surface area contributed by atoms with Crippen LogP contribution in [0.15, 0.2) is 36.8 Å². The monoisotopic (exact) mass is 549 g/mol. The maximum Gasteiger partial charge on any atom is 0.238 e. The Morgan fingerprint density at radius 3 is 2.58 bits per heavy atom. The van der Waals surface area contributed by atoms with Crippen molar-refractivity contribution in [2.45, 2.75) is 13.0 Å². The van der Waals surface area contributed by atoms with Crippen molar-refractivity contribution in [1.82, 2.24) is 20.2 Å². The van der Waals surface area contributed by atoms with E-state index in [1.54, 1.807) is 24.4 Å². The molecule has 1 N–H and O–H groups in total. The molecule has 0 radical (unpaired) electrons. The van der Waals surface area contributed by atoms with Crippen molar-refractivity contribution >= 4 is 49.8 Å². The average molecular weight is 550 g/mol. The van der Waals surface area contributed by atoms with Gasteiger partial charge >= 0.3 is 0 Å². The summed E-state index contributed by atoms with van der Waals surface area (Å²) in [5, 5.41) is 8.92. The van der Waals surface area contributed by atoms with Crippen molar-refractivity contribution in [1.29, 1.82) is 0 Å². The summed E-state index contributed by atoms with van der Waals surface area (Å²) < 4.78 is 43.2. The standard InChI is InChI=1S/C23H21Cl2N5O5S/c1-12(21-15(24)10-26-11-16(21)25)35-20-7-14-17(8-19(20)33-2)28-29-22(14)13-6-18-23(27-9-13)34-5-4-30(18)36(3,31)32/h6-12H,4-5H2,1-3H3,(H,28,29)/t12-/m1/s1. The maximum absolute atomic E-state index is 12.3. The zero-order valence-corrected chi connectivity index (χ0v) is 21.8. The van der Waals surface area contributed by atoms with Gasteiger partial charge in [-0.25, -0.2) is 13.4 Å².